The average Bonchev–Trinajstić information content (AvgIpc) is 2.68. The summed E-state index contributed by atoms with van der Waals surface area (Å²) in [5.74, 6) is 2.05. The molecule has 26 heavy (non-hydrogen) atoms. The van der Waals surface area contributed by atoms with E-state index in [0.717, 1.165) is 11.3 Å². The lowest BCUT2D eigenvalue weighted by Gasteiger charge is -2.20. The normalized spacial score (nSPS) is 10.3. The Balaban J connectivity index is 2.26. The molecule has 0 radical (unpaired) electrons. The van der Waals surface area contributed by atoms with Gasteiger partial charge >= 0.3 is 0 Å². The Bertz CT molecular complexity index is 726. The number of para-hydroxylation sites is 2. The van der Waals surface area contributed by atoms with Crippen molar-refractivity contribution in [2.45, 2.75) is 27.4 Å². The summed E-state index contributed by atoms with van der Waals surface area (Å²) in [6, 6.07) is 13.0. The molecule has 0 bridgehead atoms. The van der Waals surface area contributed by atoms with Crippen LogP contribution in [0, 0.1) is 0 Å². The van der Waals surface area contributed by atoms with Gasteiger partial charge in [0.2, 0.25) is 0 Å². The zero-order valence-electron chi connectivity index (χ0n) is 16.0. The van der Waals surface area contributed by atoms with Gasteiger partial charge in [-0.15, -0.1) is 0 Å². The second-order valence-electron chi connectivity index (χ2n) is 5.67. The minimum Gasteiger partial charge on any atom is -0.493 e. The Morgan fingerprint density at radius 1 is 0.923 bits per heavy atom. The Hall–Kier alpha value is -2.69. The van der Waals surface area contributed by atoms with Crippen molar-refractivity contribution in [1.82, 2.24) is 4.90 Å². The van der Waals surface area contributed by atoms with Crippen molar-refractivity contribution in [2.75, 3.05) is 26.8 Å². The number of hydrogen-bond donors (Lipinski definition) is 0. The first-order valence-corrected chi connectivity index (χ1v) is 8.95. The van der Waals surface area contributed by atoms with Gasteiger partial charge in [-0.3, -0.25) is 4.79 Å². The van der Waals surface area contributed by atoms with Crippen LogP contribution in [-0.4, -0.2) is 37.6 Å². The lowest BCUT2D eigenvalue weighted by molar-refractivity contribution is 0.0772. The molecule has 0 aliphatic heterocycles. The molecular formula is C21H27NO4. The van der Waals surface area contributed by atoms with Crippen LogP contribution in [0.25, 0.3) is 0 Å². The molecule has 0 saturated heterocycles. The standard InChI is InChI=1S/C21H27NO4/c1-5-22(6-2)21(23)16-12-13-18(25-7-3)17(14-16)15-26-20-11-9-8-10-19(20)24-4/h8-14H,5-7,15H2,1-4H3. The third-order valence-electron chi connectivity index (χ3n) is 4.11. The van der Waals surface area contributed by atoms with Gasteiger partial charge in [0, 0.05) is 24.2 Å². The quantitative estimate of drug-likeness (QED) is 0.676. The van der Waals surface area contributed by atoms with Gasteiger partial charge in [-0.2, -0.15) is 0 Å². The number of hydrogen-bond acceptors (Lipinski definition) is 4. The maximum atomic E-state index is 12.6. The van der Waals surface area contributed by atoms with Gasteiger partial charge in [0.05, 0.1) is 13.7 Å². The zero-order valence-corrected chi connectivity index (χ0v) is 16.0. The van der Waals surface area contributed by atoms with Gasteiger partial charge in [-0.25, -0.2) is 0 Å². The summed E-state index contributed by atoms with van der Waals surface area (Å²) >= 11 is 0. The second-order valence-corrected chi connectivity index (χ2v) is 5.67. The molecule has 140 valence electrons. The Kier molecular flexibility index (Phi) is 7.33. The maximum absolute atomic E-state index is 12.6. The third kappa shape index (κ3) is 4.69. The Labute approximate surface area is 155 Å². The van der Waals surface area contributed by atoms with E-state index < -0.39 is 0 Å². The molecule has 0 unspecified atom stereocenters. The van der Waals surface area contributed by atoms with E-state index in [0.29, 0.717) is 36.8 Å². The van der Waals surface area contributed by atoms with Crippen LogP contribution >= 0.6 is 0 Å². The average molecular weight is 357 g/mol. The molecule has 0 atom stereocenters. The largest absolute Gasteiger partial charge is 0.493 e. The monoisotopic (exact) mass is 357 g/mol. The van der Waals surface area contributed by atoms with Crippen molar-refractivity contribution < 1.29 is 19.0 Å². The first-order valence-electron chi connectivity index (χ1n) is 8.95. The molecule has 0 aliphatic rings. The van der Waals surface area contributed by atoms with Crippen molar-refractivity contribution in [3.63, 3.8) is 0 Å². The van der Waals surface area contributed by atoms with Gasteiger partial charge in [-0.1, -0.05) is 12.1 Å². The molecule has 5 heteroatoms. The third-order valence-corrected chi connectivity index (χ3v) is 4.11. The molecule has 0 N–H and O–H groups in total. The van der Waals surface area contributed by atoms with Crippen molar-refractivity contribution in [1.29, 1.82) is 0 Å². The van der Waals surface area contributed by atoms with E-state index in [2.05, 4.69) is 0 Å². The molecule has 0 spiro atoms. The number of ether oxygens (including phenoxy) is 3. The summed E-state index contributed by atoms with van der Waals surface area (Å²) in [6.45, 7) is 8.06. The van der Waals surface area contributed by atoms with E-state index in [1.54, 1.807) is 18.1 Å². The van der Waals surface area contributed by atoms with E-state index >= 15 is 0 Å². The summed E-state index contributed by atoms with van der Waals surface area (Å²) in [6.07, 6.45) is 0. The summed E-state index contributed by atoms with van der Waals surface area (Å²) < 4.78 is 16.9. The number of amides is 1. The maximum Gasteiger partial charge on any atom is 0.253 e. The predicted molar refractivity (Wildman–Crippen MR) is 102 cm³/mol. The van der Waals surface area contributed by atoms with Crippen molar-refractivity contribution in [3.05, 3.63) is 53.6 Å². The van der Waals surface area contributed by atoms with Crippen LogP contribution in [0.2, 0.25) is 0 Å². The van der Waals surface area contributed by atoms with Gasteiger partial charge < -0.3 is 19.1 Å². The molecular weight excluding hydrogens is 330 g/mol. The highest BCUT2D eigenvalue weighted by molar-refractivity contribution is 5.94. The molecule has 0 fully saturated rings. The Morgan fingerprint density at radius 3 is 2.23 bits per heavy atom. The van der Waals surface area contributed by atoms with E-state index in [1.807, 2.05) is 57.2 Å². The fraction of sp³-hybridized carbons (Fsp3) is 0.381. The molecule has 2 aromatic carbocycles. The number of rotatable bonds is 9. The molecule has 5 nitrogen and oxygen atoms in total. The summed E-state index contributed by atoms with van der Waals surface area (Å²) in [4.78, 5) is 14.4. The lowest BCUT2D eigenvalue weighted by atomic mass is 10.1. The van der Waals surface area contributed by atoms with Gasteiger partial charge in [0.15, 0.2) is 11.5 Å². The predicted octanol–water partition coefficient (Wildman–Crippen LogP) is 4.15. The molecule has 1 amide bonds. The van der Waals surface area contributed by atoms with E-state index in [1.165, 1.54) is 0 Å². The molecule has 0 aliphatic carbocycles. The summed E-state index contributed by atoms with van der Waals surface area (Å²) in [5.41, 5.74) is 1.46. The van der Waals surface area contributed by atoms with E-state index in [4.69, 9.17) is 14.2 Å². The van der Waals surface area contributed by atoms with Crippen LogP contribution in [0.4, 0.5) is 0 Å². The number of carbonyl (C=O) groups is 1. The number of methoxy groups -OCH3 is 1. The van der Waals surface area contributed by atoms with Crippen molar-refractivity contribution in [3.8, 4) is 17.2 Å². The van der Waals surface area contributed by atoms with E-state index in [9.17, 15) is 4.79 Å². The van der Waals surface area contributed by atoms with E-state index in [-0.39, 0.29) is 12.5 Å². The first kappa shape index (κ1) is 19.6. The van der Waals surface area contributed by atoms with Gasteiger partial charge in [0.25, 0.3) is 5.91 Å². The molecule has 0 heterocycles. The molecule has 2 aromatic rings. The van der Waals surface area contributed by atoms with Crippen LogP contribution in [0.15, 0.2) is 42.5 Å². The molecule has 2 rings (SSSR count). The zero-order chi connectivity index (χ0) is 18.9. The minimum atomic E-state index is 0.0107. The van der Waals surface area contributed by atoms with Gasteiger partial charge in [0.1, 0.15) is 12.4 Å². The van der Waals surface area contributed by atoms with Gasteiger partial charge in [-0.05, 0) is 51.1 Å². The Morgan fingerprint density at radius 2 is 1.62 bits per heavy atom. The number of benzene rings is 2. The smallest absolute Gasteiger partial charge is 0.253 e. The number of carbonyl (C=O) groups excluding carboxylic acids is 1. The fourth-order valence-corrected chi connectivity index (χ4v) is 2.71. The topological polar surface area (TPSA) is 48.0 Å². The molecule has 0 aromatic heterocycles. The highest BCUT2D eigenvalue weighted by atomic mass is 16.5. The van der Waals surface area contributed by atoms with Crippen molar-refractivity contribution >= 4 is 5.91 Å². The van der Waals surface area contributed by atoms with Crippen molar-refractivity contribution in [2.24, 2.45) is 0 Å². The second kappa shape index (κ2) is 9.70. The van der Waals surface area contributed by atoms with Crippen LogP contribution in [-0.2, 0) is 6.61 Å². The minimum absolute atomic E-state index is 0.0107. The number of nitrogens with zero attached hydrogens (tertiary/aromatic N) is 1. The highest BCUT2D eigenvalue weighted by Gasteiger charge is 2.16. The highest BCUT2D eigenvalue weighted by Crippen LogP contribution is 2.29. The molecule has 0 saturated carbocycles. The summed E-state index contributed by atoms with van der Waals surface area (Å²) in [7, 11) is 1.61. The van der Waals surface area contributed by atoms with Crippen LogP contribution < -0.4 is 14.2 Å². The van der Waals surface area contributed by atoms with Crippen LogP contribution in [0.3, 0.4) is 0 Å². The first-order chi connectivity index (χ1) is 12.6. The van der Waals surface area contributed by atoms with Crippen LogP contribution in [0.1, 0.15) is 36.7 Å². The lowest BCUT2D eigenvalue weighted by Crippen LogP contribution is -2.30. The summed E-state index contributed by atoms with van der Waals surface area (Å²) in [5, 5.41) is 0. The SMILES string of the molecule is CCOc1ccc(C(=O)N(CC)CC)cc1COc1ccccc1OC. The fourth-order valence-electron chi connectivity index (χ4n) is 2.71. The van der Waals surface area contributed by atoms with Crippen LogP contribution in [0.5, 0.6) is 17.2 Å².